The van der Waals surface area contributed by atoms with Crippen molar-refractivity contribution in [3.8, 4) is 0 Å². The van der Waals surface area contributed by atoms with Crippen LogP contribution in [0.5, 0.6) is 0 Å². The minimum Gasteiger partial charge on any atom is -0.368 e. The topological polar surface area (TPSA) is 70.1 Å². The van der Waals surface area contributed by atoms with Gasteiger partial charge in [-0.25, -0.2) is 0 Å². The molecule has 7 nitrogen and oxygen atoms in total. The molecule has 26 heavy (non-hydrogen) atoms. The van der Waals surface area contributed by atoms with E-state index in [-0.39, 0.29) is 12.0 Å². The standard InChI is InChI=1S/C19H29N5O2/c1-2-20-19(22-10-8-16-6-3-4-9-21-16)24-13-11-23(12-14-24)18(25)17-7-5-15-26-17/h3-4,6,9,17H,2,5,7-8,10-15H2,1H3,(H,20,22). The van der Waals surface area contributed by atoms with E-state index in [2.05, 4.69) is 22.1 Å². The molecule has 3 heterocycles. The summed E-state index contributed by atoms with van der Waals surface area (Å²) in [7, 11) is 0. The third-order valence-corrected chi connectivity index (χ3v) is 4.79. The van der Waals surface area contributed by atoms with Gasteiger partial charge in [0, 0.05) is 64.2 Å². The van der Waals surface area contributed by atoms with Crippen LogP contribution < -0.4 is 5.32 Å². The summed E-state index contributed by atoms with van der Waals surface area (Å²) in [6.45, 7) is 7.37. The van der Waals surface area contributed by atoms with Crippen LogP contribution in [-0.2, 0) is 16.0 Å². The molecule has 1 atom stereocenters. The number of aromatic nitrogens is 1. The lowest BCUT2D eigenvalue weighted by Gasteiger charge is -2.37. The lowest BCUT2D eigenvalue weighted by atomic mass is 10.2. The average Bonchev–Trinajstić information content (AvgIpc) is 3.23. The van der Waals surface area contributed by atoms with Crippen LogP contribution in [0.2, 0.25) is 0 Å². The number of carbonyl (C=O) groups excluding carboxylic acids is 1. The van der Waals surface area contributed by atoms with Crippen LogP contribution in [0.15, 0.2) is 29.4 Å². The molecular formula is C19H29N5O2. The van der Waals surface area contributed by atoms with Gasteiger partial charge in [0.15, 0.2) is 5.96 Å². The monoisotopic (exact) mass is 359 g/mol. The van der Waals surface area contributed by atoms with Crippen molar-refractivity contribution in [2.75, 3.05) is 45.9 Å². The van der Waals surface area contributed by atoms with Gasteiger partial charge in [0.25, 0.3) is 5.91 Å². The third kappa shape index (κ3) is 4.94. The molecule has 1 N–H and O–H groups in total. The summed E-state index contributed by atoms with van der Waals surface area (Å²) in [5, 5.41) is 3.37. The normalized spacial score (nSPS) is 21.1. The largest absolute Gasteiger partial charge is 0.368 e. The molecule has 1 aromatic rings. The summed E-state index contributed by atoms with van der Waals surface area (Å²) in [6.07, 6.45) is 4.27. The van der Waals surface area contributed by atoms with Crippen molar-refractivity contribution in [3.63, 3.8) is 0 Å². The maximum absolute atomic E-state index is 12.5. The average molecular weight is 359 g/mol. The molecule has 2 fully saturated rings. The second-order valence-electron chi connectivity index (χ2n) is 6.62. The SMILES string of the molecule is CCNC(=NCCc1ccccn1)N1CCN(C(=O)C2CCCO2)CC1. The lowest BCUT2D eigenvalue weighted by molar-refractivity contribution is -0.142. The highest BCUT2D eigenvalue weighted by atomic mass is 16.5. The molecule has 1 aromatic heterocycles. The van der Waals surface area contributed by atoms with E-state index < -0.39 is 0 Å². The number of amides is 1. The highest BCUT2D eigenvalue weighted by Gasteiger charge is 2.30. The molecule has 0 aromatic carbocycles. The molecule has 0 spiro atoms. The first-order valence-electron chi connectivity index (χ1n) is 9.61. The van der Waals surface area contributed by atoms with Crippen molar-refractivity contribution >= 4 is 11.9 Å². The molecule has 0 radical (unpaired) electrons. The number of nitrogens with one attached hydrogen (secondary N) is 1. The third-order valence-electron chi connectivity index (χ3n) is 4.79. The van der Waals surface area contributed by atoms with E-state index >= 15 is 0 Å². The van der Waals surface area contributed by atoms with Gasteiger partial charge in [-0.15, -0.1) is 0 Å². The van der Waals surface area contributed by atoms with Gasteiger partial charge in [0.1, 0.15) is 6.10 Å². The maximum atomic E-state index is 12.5. The zero-order valence-corrected chi connectivity index (χ0v) is 15.6. The van der Waals surface area contributed by atoms with Gasteiger partial charge in [-0.2, -0.15) is 0 Å². The predicted octanol–water partition coefficient (Wildman–Crippen LogP) is 0.913. The van der Waals surface area contributed by atoms with E-state index in [1.165, 1.54) is 0 Å². The smallest absolute Gasteiger partial charge is 0.251 e. The summed E-state index contributed by atoms with van der Waals surface area (Å²) in [4.78, 5) is 25.7. The number of carbonyl (C=O) groups is 1. The Hall–Kier alpha value is -2.15. The number of nitrogens with zero attached hydrogens (tertiary/aromatic N) is 4. The van der Waals surface area contributed by atoms with Crippen LogP contribution in [0.3, 0.4) is 0 Å². The van der Waals surface area contributed by atoms with Crippen LogP contribution in [-0.4, -0.2) is 78.6 Å². The number of ether oxygens (including phenoxy) is 1. The Bertz CT molecular complexity index is 593. The first-order valence-corrected chi connectivity index (χ1v) is 9.61. The Morgan fingerprint density at radius 1 is 1.31 bits per heavy atom. The molecule has 1 unspecified atom stereocenters. The van der Waals surface area contributed by atoms with Crippen molar-refractivity contribution in [1.82, 2.24) is 20.1 Å². The second-order valence-corrected chi connectivity index (χ2v) is 6.62. The summed E-state index contributed by atoms with van der Waals surface area (Å²) in [6, 6.07) is 5.95. The summed E-state index contributed by atoms with van der Waals surface area (Å²) >= 11 is 0. The highest BCUT2D eigenvalue weighted by Crippen LogP contribution is 2.16. The van der Waals surface area contributed by atoms with E-state index in [0.717, 1.165) is 63.6 Å². The van der Waals surface area contributed by atoms with Gasteiger partial charge >= 0.3 is 0 Å². The van der Waals surface area contributed by atoms with Crippen LogP contribution in [0.4, 0.5) is 0 Å². The zero-order chi connectivity index (χ0) is 18.2. The maximum Gasteiger partial charge on any atom is 0.251 e. The minimum absolute atomic E-state index is 0.152. The van der Waals surface area contributed by atoms with Crippen LogP contribution >= 0.6 is 0 Å². The van der Waals surface area contributed by atoms with Gasteiger partial charge in [-0.3, -0.25) is 14.8 Å². The molecule has 0 saturated carbocycles. The van der Waals surface area contributed by atoms with E-state index in [1.54, 1.807) is 0 Å². The number of rotatable bonds is 5. The summed E-state index contributed by atoms with van der Waals surface area (Å²) < 4.78 is 5.53. The molecule has 2 aliphatic heterocycles. The molecule has 1 amide bonds. The van der Waals surface area contributed by atoms with Crippen molar-refractivity contribution in [2.24, 2.45) is 4.99 Å². The molecule has 3 rings (SSSR count). The minimum atomic E-state index is -0.221. The lowest BCUT2D eigenvalue weighted by Crippen LogP contribution is -2.55. The fourth-order valence-electron chi connectivity index (χ4n) is 3.36. The van der Waals surface area contributed by atoms with Crippen molar-refractivity contribution in [2.45, 2.75) is 32.3 Å². The fraction of sp³-hybridized carbons (Fsp3) is 0.632. The van der Waals surface area contributed by atoms with Crippen LogP contribution in [0.25, 0.3) is 0 Å². The van der Waals surface area contributed by atoms with Crippen LogP contribution in [0, 0.1) is 0 Å². The number of pyridine rings is 1. The molecule has 0 bridgehead atoms. The van der Waals surface area contributed by atoms with Crippen LogP contribution in [0.1, 0.15) is 25.5 Å². The first-order chi connectivity index (χ1) is 12.8. The number of hydrogen-bond donors (Lipinski definition) is 1. The van der Waals surface area contributed by atoms with Crippen molar-refractivity contribution < 1.29 is 9.53 Å². The van der Waals surface area contributed by atoms with E-state index in [1.807, 2.05) is 29.3 Å². The Balaban J connectivity index is 1.50. The number of hydrogen-bond acceptors (Lipinski definition) is 4. The molecule has 142 valence electrons. The van der Waals surface area contributed by atoms with Crippen molar-refractivity contribution in [3.05, 3.63) is 30.1 Å². The quantitative estimate of drug-likeness (QED) is 0.625. The Kier molecular flexibility index (Phi) is 6.82. The molecule has 2 saturated heterocycles. The van der Waals surface area contributed by atoms with Gasteiger partial charge < -0.3 is 19.9 Å². The van der Waals surface area contributed by atoms with E-state index in [0.29, 0.717) is 13.2 Å². The Morgan fingerprint density at radius 3 is 2.77 bits per heavy atom. The van der Waals surface area contributed by atoms with E-state index in [4.69, 9.17) is 9.73 Å². The van der Waals surface area contributed by atoms with Gasteiger partial charge in [0.05, 0.1) is 0 Å². The number of aliphatic imine (C=N–C) groups is 1. The highest BCUT2D eigenvalue weighted by molar-refractivity contribution is 5.82. The Labute approximate surface area is 155 Å². The Morgan fingerprint density at radius 2 is 2.12 bits per heavy atom. The second kappa shape index (κ2) is 9.52. The fourth-order valence-corrected chi connectivity index (χ4v) is 3.36. The van der Waals surface area contributed by atoms with Gasteiger partial charge in [-0.05, 0) is 31.9 Å². The van der Waals surface area contributed by atoms with Crippen molar-refractivity contribution in [1.29, 1.82) is 0 Å². The number of piperazine rings is 1. The number of guanidine groups is 1. The molecule has 0 aliphatic carbocycles. The zero-order valence-electron chi connectivity index (χ0n) is 15.6. The summed E-state index contributed by atoms with van der Waals surface area (Å²) in [5.41, 5.74) is 1.05. The first kappa shape index (κ1) is 18.6. The summed E-state index contributed by atoms with van der Waals surface area (Å²) in [5.74, 6) is 1.08. The molecular weight excluding hydrogens is 330 g/mol. The van der Waals surface area contributed by atoms with Gasteiger partial charge in [-0.1, -0.05) is 6.07 Å². The van der Waals surface area contributed by atoms with E-state index in [9.17, 15) is 4.79 Å². The molecule has 7 heteroatoms. The molecule has 2 aliphatic rings. The predicted molar refractivity (Wildman–Crippen MR) is 101 cm³/mol. The van der Waals surface area contributed by atoms with Gasteiger partial charge in [0.2, 0.25) is 0 Å².